The molecule has 1 aliphatic rings. The number of benzene rings is 1. The lowest BCUT2D eigenvalue weighted by Gasteiger charge is -2.24. The number of halogens is 1. The molecule has 6 nitrogen and oxygen atoms in total. The monoisotopic (exact) mass is 463 g/mol. The highest BCUT2D eigenvalue weighted by molar-refractivity contribution is 14.1. The van der Waals surface area contributed by atoms with Crippen LogP contribution in [0.4, 0.5) is 10.5 Å². The Morgan fingerprint density at radius 2 is 2.17 bits per heavy atom. The number of rotatable bonds is 6. The van der Waals surface area contributed by atoms with Gasteiger partial charge in [0.2, 0.25) is 0 Å². The molecule has 1 fully saturated rings. The zero-order chi connectivity index (χ0) is 17.3. The van der Waals surface area contributed by atoms with E-state index >= 15 is 0 Å². The van der Waals surface area contributed by atoms with E-state index in [1.807, 2.05) is 22.9 Å². The van der Waals surface area contributed by atoms with E-state index in [9.17, 15) is 4.79 Å². The molecule has 0 atom stereocenters. The molecule has 2 heterocycles. The van der Waals surface area contributed by atoms with Gasteiger partial charge in [-0.2, -0.15) is 5.10 Å². The van der Waals surface area contributed by atoms with Crippen LogP contribution >= 0.6 is 32.6 Å². The summed E-state index contributed by atoms with van der Waals surface area (Å²) >= 11 is 2.22. The van der Waals surface area contributed by atoms with Gasteiger partial charge in [-0.15, -0.1) is 0 Å². The molecule has 1 amide bonds. The summed E-state index contributed by atoms with van der Waals surface area (Å²) in [5.74, 6) is 1.09. The second-order valence-electron chi connectivity index (χ2n) is 6.59. The van der Waals surface area contributed by atoms with Gasteiger partial charge >= 0.3 is 6.09 Å². The van der Waals surface area contributed by atoms with Crippen molar-refractivity contribution in [3.05, 3.63) is 21.9 Å². The van der Waals surface area contributed by atoms with E-state index in [2.05, 4.69) is 46.5 Å². The van der Waals surface area contributed by atoms with Crippen molar-refractivity contribution < 1.29 is 14.3 Å². The van der Waals surface area contributed by atoms with E-state index in [1.54, 1.807) is 4.90 Å². The molecule has 8 heteroatoms. The van der Waals surface area contributed by atoms with E-state index in [1.165, 1.54) is 0 Å². The standard InChI is InChI=1S/C16H22IN3O3S/c1-24(2,3)9-8-22-11-20-14-5-4-12(10-13(14)15(17)18-20)19-6-7-23-16(19)21/h4-5,10H,6-9,11H2,1-3H3. The molecule has 0 bridgehead atoms. The normalized spacial score (nSPS) is 16.0. The maximum Gasteiger partial charge on any atom is 0.414 e. The van der Waals surface area contributed by atoms with Gasteiger partial charge in [-0.3, -0.25) is 4.90 Å². The zero-order valence-electron chi connectivity index (χ0n) is 14.1. The van der Waals surface area contributed by atoms with Gasteiger partial charge in [0.15, 0.2) is 0 Å². The summed E-state index contributed by atoms with van der Waals surface area (Å²) in [4.78, 5) is 13.4. The highest BCUT2D eigenvalue weighted by Crippen LogP contribution is 2.33. The van der Waals surface area contributed by atoms with Crippen molar-refractivity contribution in [2.24, 2.45) is 0 Å². The fraction of sp³-hybridized carbons (Fsp3) is 0.500. The molecule has 1 aromatic carbocycles. The van der Waals surface area contributed by atoms with Crippen molar-refractivity contribution in [2.45, 2.75) is 6.73 Å². The first-order valence-electron chi connectivity index (χ1n) is 7.69. The van der Waals surface area contributed by atoms with Crippen LogP contribution in [0.1, 0.15) is 0 Å². The molecule has 3 rings (SSSR count). The molecule has 132 valence electrons. The van der Waals surface area contributed by atoms with Crippen LogP contribution in [0.2, 0.25) is 0 Å². The minimum absolute atomic E-state index is 0.287. The third kappa shape index (κ3) is 3.97. The third-order valence-electron chi connectivity index (χ3n) is 3.82. The maximum absolute atomic E-state index is 11.7. The van der Waals surface area contributed by atoms with Gasteiger partial charge in [-0.1, -0.05) is 0 Å². The fourth-order valence-electron chi connectivity index (χ4n) is 2.48. The van der Waals surface area contributed by atoms with Crippen molar-refractivity contribution in [3.8, 4) is 0 Å². The summed E-state index contributed by atoms with van der Waals surface area (Å²) < 4.78 is 13.6. The van der Waals surface area contributed by atoms with Gasteiger partial charge in [0, 0.05) is 16.8 Å². The highest BCUT2D eigenvalue weighted by Gasteiger charge is 2.24. The number of aromatic nitrogens is 2. The van der Waals surface area contributed by atoms with Crippen molar-refractivity contribution in [2.75, 3.05) is 49.2 Å². The highest BCUT2D eigenvalue weighted by atomic mass is 127. The van der Waals surface area contributed by atoms with Crippen molar-refractivity contribution >= 4 is 55.3 Å². The first-order valence-corrected chi connectivity index (χ1v) is 11.8. The largest absolute Gasteiger partial charge is 0.447 e. The van der Waals surface area contributed by atoms with Gasteiger partial charge in [0.25, 0.3) is 0 Å². The summed E-state index contributed by atoms with van der Waals surface area (Å²) in [6, 6.07) is 5.92. The Morgan fingerprint density at radius 3 is 2.83 bits per heavy atom. The van der Waals surface area contributed by atoms with Gasteiger partial charge < -0.3 is 9.47 Å². The summed E-state index contributed by atoms with van der Waals surface area (Å²) in [5.41, 5.74) is 1.86. The molecule has 24 heavy (non-hydrogen) atoms. The Labute approximate surface area is 156 Å². The molecule has 1 saturated heterocycles. The van der Waals surface area contributed by atoms with E-state index in [-0.39, 0.29) is 6.09 Å². The van der Waals surface area contributed by atoms with Crippen LogP contribution in [0.3, 0.4) is 0 Å². The SMILES string of the molecule is CS(C)(C)CCOCn1nc(I)c2cc(N3CCOC3=O)ccc21. The van der Waals surface area contributed by atoms with E-state index < -0.39 is 10.0 Å². The van der Waals surface area contributed by atoms with E-state index in [4.69, 9.17) is 9.47 Å². The number of cyclic esters (lactones) is 1. The van der Waals surface area contributed by atoms with Crippen molar-refractivity contribution in [1.29, 1.82) is 0 Å². The summed E-state index contributed by atoms with van der Waals surface area (Å²) in [5, 5.41) is 5.59. The molecule has 0 radical (unpaired) electrons. The number of hydrogen-bond acceptors (Lipinski definition) is 4. The van der Waals surface area contributed by atoms with E-state index in [0.717, 1.165) is 32.7 Å². The maximum atomic E-state index is 11.7. The van der Waals surface area contributed by atoms with Crippen LogP contribution in [-0.4, -0.2) is 60.2 Å². The Hall–Kier alpha value is -1.00. The summed E-state index contributed by atoms with van der Waals surface area (Å²) in [6.45, 7) is 2.22. The molecule has 2 aromatic rings. The first kappa shape index (κ1) is 17.8. The molecular weight excluding hydrogens is 441 g/mol. The number of anilines is 1. The molecule has 0 saturated carbocycles. The average Bonchev–Trinajstić information content (AvgIpc) is 3.07. The Bertz CT molecular complexity index is 757. The second-order valence-corrected chi connectivity index (χ2v) is 12.2. The average molecular weight is 463 g/mol. The van der Waals surface area contributed by atoms with Crippen LogP contribution in [0.25, 0.3) is 10.9 Å². The minimum Gasteiger partial charge on any atom is -0.447 e. The molecular formula is C16H22IN3O3S. The molecule has 1 aliphatic heterocycles. The number of fused-ring (bicyclic) bond motifs is 1. The zero-order valence-corrected chi connectivity index (χ0v) is 17.1. The summed E-state index contributed by atoms with van der Waals surface area (Å²) in [7, 11) is -0.542. The molecule has 1 aromatic heterocycles. The fourth-order valence-corrected chi connectivity index (χ4v) is 3.79. The summed E-state index contributed by atoms with van der Waals surface area (Å²) in [6.07, 6.45) is 6.57. The predicted molar refractivity (Wildman–Crippen MR) is 107 cm³/mol. The number of carbonyl (C=O) groups excluding carboxylic acids is 1. The molecule has 0 spiro atoms. The third-order valence-corrected chi connectivity index (χ3v) is 6.00. The quantitative estimate of drug-likeness (QED) is 0.488. The number of nitrogens with zero attached hydrogens (tertiary/aromatic N) is 3. The number of amides is 1. The number of carbonyl (C=O) groups is 1. The lowest BCUT2D eigenvalue weighted by molar-refractivity contribution is 0.0838. The van der Waals surface area contributed by atoms with Crippen LogP contribution in [-0.2, 0) is 16.2 Å². The molecule has 0 aliphatic carbocycles. The van der Waals surface area contributed by atoms with Crippen LogP contribution in [0.5, 0.6) is 0 Å². The van der Waals surface area contributed by atoms with E-state index in [0.29, 0.717) is 19.9 Å². The second kappa shape index (κ2) is 7.09. The minimum atomic E-state index is -0.542. The van der Waals surface area contributed by atoms with Crippen molar-refractivity contribution in [3.63, 3.8) is 0 Å². The number of hydrogen-bond donors (Lipinski definition) is 0. The topological polar surface area (TPSA) is 56.6 Å². The van der Waals surface area contributed by atoms with Gasteiger partial charge in [-0.05, 0) is 59.6 Å². The van der Waals surface area contributed by atoms with Crippen LogP contribution < -0.4 is 4.90 Å². The number of ether oxygens (including phenoxy) is 2. The lowest BCUT2D eigenvalue weighted by atomic mass is 10.2. The van der Waals surface area contributed by atoms with Crippen molar-refractivity contribution in [1.82, 2.24) is 9.78 Å². The Balaban J connectivity index is 1.75. The van der Waals surface area contributed by atoms with Gasteiger partial charge in [0.05, 0.1) is 18.7 Å². The van der Waals surface area contributed by atoms with Crippen LogP contribution in [0, 0.1) is 3.70 Å². The molecule has 0 N–H and O–H groups in total. The van der Waals surface area contributed by atoms with Gasteiger partial charge in [0.1, 0.15) is 17.0 Å². The lowest BCUT2D eigenvalue weighted by Crippen LogP contribution is -2.23. The Morgan fingerprint density at radius 1 is 1.38 bits per heavy atom. The Kier molecular flexibility index (Phi) is 5.26. The van der Waals surface area contributed by atoms with Crippen LogP contribution in [0.15, 0.2) is 18.2 Å². The predicted octanol–water partition coefficient (Wildman–Crippen LogP) is 3.27. The smallest absolute Gasteiger partial charge is 0.414 e. The first-order chi connectivity index (χ1) is 11.3. The van der Waals surface area contributed by atoms with Gasteiger partial charge in [-0.25, -0.2) is 19.5 Å². The molecule has 0 unspecified atom stereocenters.